The zero-order valence-electron chi connectivity index (χ0n) is 14.9. The van der Waals surface area contributed by atoms with Crippen LogP contribution < -0.4 is 0 Å². The van der Waals surface area contributed by atoms with Crippen LogP contribution in [0.15, 0.2) is 95.5 Å². The molecule has 0 fully saturated rings. The van der Waals surface area contributed by atoms with Gasteiger partial charge in [-0.05, 0) is 48.2 Å². The molecule has 3 aromatic carbocycles. The Balaban J connectivity index is 1.72. The predicted molar refractivity (Wildman–Crippen MR) is 114 cm³/mol. The molecule has 0 aliphatic heterocycles. The Morgan fingerprint density at radius 3 is 2.22 bits per heavy atom. The highest BCUT2D eigenvalue weighted by Gasteiger charge is 2.14. The number of carbonyl (C=O) groups excluding carboxylic acids is 1. The molecule has 0 heterocycles. The molecule has 3 aromatic rings. The fraction of sp³-hybridized carbons (Fsp3) is 0.125. The van der Waals surface area contributed by atoms with E-state index in [0.717, 1.165) is 16.5 Å². The first kappa shape index (κ1) is 19.1. The van der Waals surface area contributed by atoms with Gasteiger partial charge in [-0.25, -0.2) is 4.79 Å². The lowest BCUT2D eigenvalue weighted by Gasteiger charge is -2.15. The number of esters is 1. The molecule has 2 nitrogen and oxygen atoms in total. The third-order valence-electron chi connectivity index (χ3n) is 4.23. The van der Waals surface area contributed by atoms with E-state index in [4.69, 9.17) is 4.74 Å². The molecule has 0 aromatic heterocycles. The largest absolute Gasteiger partial charge is 0.455 e. The Kier molecular flexibility index (Phi) is 7.00. The minimum atomic E-state index is -0.301. The standard InChI is InChI=1S/C24H21BrO2/c25-23-14-8-7-11-20(23)16-18-22(17-15-19-9-3-1-4-10-19)27-24(26)21-12-5-2-6-13-21/h1-15,17,22H,16,18H2/b17-15+/t22-/m0/s1. The highest BCUT2D eigenvalue weighted by atomic mass is 79.9. The molecule has 0 unspecified atom stereocenters. The van der Waals surface area contributed by atoms with Crippen LogP contribution in [-0.4, -0.2) is 12.1 Å². The number of benzene rings is 3. The number of rotatable bonds is 7. The van der Waals surface area contributed by atoms with Crippen molar-refractivity contribution in [2.45, 2.75) is 18.9 Å². The molecular formula is C24H21BrO2. The van der Waals surface area contributed by atoms with Crippen LogP contribution in [0.25, 0.3) is 6.08 Å². The van der Waals surface area contributed by atoms with Crippen LogP contribution >= 0.6 is 15.9 Å². The van der Waals surface area contributed by atoms with E-state index in [1.165, 1.54) is 5.56 Å². The third kappa shape index (κ3) is 5.93. The molecule has 0 radical (unpaired) electrons. The second-order valence-electron chi connectivity index (χ2n) is 6.21. The van der Waals surface area contributed by atoms with Crippen molar-refractivity contribution in [1.82, 2.24) is 0 Å². The second-order valence-corrected chi connectivity index (χ2v) is 7.06. The van der Waals surface area contributed by atoms with E-state index in [1.54, 1.807) is 12.1 Å². The van der Waals surface area contributed by atoms with E-state index in [0.29, 0.717) is 12.0 Å². The Hall–Kier alpha value is -2.65. The smallest absolute Gasteiger partial charge is 0.338 e. The van der Waals surface area contributed by atoms with E-state index >= 15 is 0 Å². The molecular weight excluding hydrogens is 400 g/mol. The zero-order valence-corrected chi connectivity index (χ0v) is 16.5. The van der Waals surface area contributed by atoms with Gasteiger partial charge >= 0.3 is 5.97 Å². The topological polar surface area (TPSA) is 26.3 Å². The normalized spacial score (nSPS) is 12.0. The van der Waals surface area contributed by atoms with Crippen molar-refractivity contribution in [2.24, 2.45) is 0 Å². The third-order valence-corrected chi connectivity index (χ3v) is 5.00. The van der Waals surface area contributed by atoms with Gasteiger partial charge < -0.3 is 4.74 Å². The summed E-state index contributed by atoms with van der Waals surface area (Å²) in [7, 11) is 0. The molecule has 0 aliphatic rings. The highest BCUT2D eigenvalue weighted by molar-refractivity contribution is 9.10. The second kappa shape index (κ2) is 9.89. The van der Waals surface area contributed by atoms with Gasteiger partial charge in [0, 0.05) is 4.47 Å². The maximum atomic E-state index is 12.5. The van der Waals surface area contributed by atoms with E-state index in [9.17, 15) is 4.79 Å². The lowest BCUT2D eigenvalue weighted by atomic mass is 10.1. The molecule has 1 atom stereocenters. The van der Waals surface area contributed by atoms with E-state index in [2.05, 4.69) is 22.0 Å². The van der Waals surface area contributed by atoms with Gasteiger partial charge in [0.1, 0.15) is 6.10 Å². The number of carbonyl (C=O) groups is 1. The Labute approximate surface area is 168 Å². The van der Waals surface area contributed by atoms with Crippen LogP contribution in [0.3, 0.4) is 0 Å². The van der Waals surface area contributed by atoms with E-state index in [1.807, 2.05) is 78.9 Å². The molecule has 0 saturated carbocycles. The maximum absolute atomic E-state index is 12.5. The van der Waals surface area contributed by atoms with Crippen molar-refractivity contribution >= 4 is 28.0 Å². The molecule has 0 spiro atoms. The van der Waals surface area contributed by atoms with Crippen molar-refractivity contribution in [2.75, 3.05) is 0 Å². The van der Waals surface area contributed by atoms with Gasteiger partial charge in [0.25, 0.3) is 0 Å². The molecule has 3 rings (SSSR count). The first-order chi connectivity index (χ1) is 13.2. The minimum Gasteiger partial charge on any atom is -0.455 e. The molecule has 27 heavy (non-hydrogen) atoms. The van der Waals surface area contributed by atoms with Crippen molar-refractivity contribution in [3.05, 3.63) is 112 Å². The van der Waals surface area contributed by atoms with Gasteiger partial charge in [-0.3, -0.25) is 0 Å². The van der Waals surface area contributed by atoms with Crippen LogP contribution in [0.5, 0.6) is 0 Å². The summed E-state index contributed by atoms with van der Waals surface area (Å²) in [5.74, 6) is -0.301. The Morgan fingerprint density at radius 1 is 0.889 bits per heavy atom. The molecule has 0 aliphatic carbocycles. The fourth-order valence-electron chi connectivity index (χ4n) is 2.76. The van der Waals surface area contributed by atoms with Crippen molar-refractivity contribution < 1.29 is 9.53 Å². The zero-order chi connectivity index (χ0) is 18.9. The lowest BCUT2D eigenvalue weighted by Crippen LogP contribution is -2.17. The van der Waals surface area contributed by atoms with Gasteiger partial charge in [-0.15, -0.1) is 0 Å². The van der Waals surface area contributed by atoms with Gasteiger partial charge in [0.2, 0.25) is 0 Å². The molecule has 0 N–H and O–H groups in total. The van der Waals surface area contributed by atoms with Gasteiger partial charge in [-0.1, -0.05) is 88.7 Å². The number of aryl methyl sites for hydroxylation is 1. The minimum absolute atomic E-state index is 0.301. The summed E-state index contributed by atoms with van der Waals surface area (Å²) in [5, 5.41) is 0. The molecule has 0 saturated heterocycles. The van der Waals surface area contributed by atoms with E-state index < -0.39 is 0 Å². The van der Waals surface area contributed by atoms with Crippen molar-refractivity contribution in [3.8, 4) is 0 Å². The van der Waals surface area contributed by atoms with Crippen LogP contribution in [0.2, 0.25) is 0 Å². The van der Waals surface area contributed by atoms with Gasteiger partial charge in [0.05, 0.1) is 5.56 Å². The van der Waals surface area contributed by atoms with Crippen LogP contribution in [0, 0.1) is 0 Å². The van der Waals surface area contributed by atoms with Crippen LogP contribution in [-0.2, 0) is 11.2 Å². The van der Waals surface area contributed by atoms with Crippen LogP contribution in [0.1, 0.15) is 27.9 Å². The number of ether oxygens (including phenoxy) is 1. The number of halogens is 1. The summed E-state index contributed by atoms with van der Waals surface area (Å²) in [5.41, 5.74) is 2.85. The average molecular weight is 421 g/mol. The van der Waals surface area contributed by atoms with Gasteiger partial charge in [-0.2, -0.15) is 0 Å². The summed E-state index contributed by atoms with van der Waals surface area (Å²) in [6, 6.07) is 27.3. The first-order valence-electron chi connectivity index (χ1n) is 8.95. The SMILES string of the molecule is O=C(O[C@@H](/C=C/c1ccccc1)CCc1ccccc1Br)c1ccccc1. The maximum Gasteiger partial charge on any atom is 0.338 e. The van der Waals surface area contributed by atoms with Crippen LogP contribution in [0.4, 0.5) is 0 Å². The highest BCUT2D eigenvalue weighted by Crippen LogP contribution is 2.20. The molecule has 0 amide bonds. The van der Waals surface area contributed by atoms with Crippen molar-refractivity contribution in [1.29, 1.82) is 0 Å². The average Bonchev–Trinajstić information content (AvgIpc) is 2.72. The monoisotopic (exact) mass is 420 g/mol. The van der Waals surface area contributed by atoms with Crippen molar-refractivity contribution in [3.63, 3.8) is 0 Å². The number of hydrogen-bond donors (Lipinski definition) is 0. The fourth-order valence-corrected chi connectivity index (χ4v) is 3.24. The first-order valence-corrected chi connectivity index (χ1v) is 9.74. The Bertz CT molecular complexity index is 889. The quantitative estimate of drug-likeness (QED) is 0.417. The summed E-state index contributed by atoms with van der Waals surface area (Å²) >= 11 is 3.58. The summed E-state index contributed by atoms with van der Waals surface area (Å²) in [6.45, 7) is 0. The number of hydrogen-bond acceptors (Lipinski definition) is 2. The molecule has 3 heteroatoms. The molecule has 136 valence electrons. The lowest BCUT2D eigenvalue weighted by molar-refractivity contribution is 0.0382. The summed E-state index contributed by atoms with van der Waals surface area (Å²) < 4.78 is 6.85. The Morgan fingerprint density at radius 2 is 1.52 bits per heavy atom. The summed E-state index contributed by atoms with van der Waals surface area (Å²) in [6.07, 6.45) is 5.19. The van der Waals surface area contributed by atoms with Gasteiger partial charge in [0.15, 0.2) is 0 Å². The predicted octanol–water partition coefficient (Wildman–Crippen LogP) is 6.32. The van der Waals surface area contributed by atoms with E-state index in [-0.39, 0.29) is 12.1 Å². The molecule has 0 bridgehead atoms. The summed E-state index contributed by atoms with van der Waals surface area (Å²) in [4.78, 5) is 12.5.